The van der Waals surface area contributed by atoms with Crippen LogP contribution in [0, 0.1) is 11.8 Å². The third-order valence-electron chi connectivity index (χ3n) is 3.98. The number of fused-ring (bicyclic) bond motifs is 1. The van der Waals surface area contributed by atoms with E-state index in [1.807, 2.05) is 38.2 Å². The zero-order valence-electron chi connectivity index (χ0n) is 11.4. The van der Waals surface area contributed by atoms with Crippen LogP contribution in [0.1, 0.15) is 37.0 Å². The lowest BCUT2D eigenvalue weighted by Crippen LogP contribution is -2.13. The molecule has 3 nitrogen and oxygen atoms in total. The summed E-state index contributed by atoms with van der Waals surface area (Å²) >= 11 is 0. The number of ketones is 1. The van der Waals surface area contributed by atoms with E-state index in [1.165, 1.54) is 12.8 Å². The van der Waals surface area contributed by atoms with Crippen molar-refractivity contribution < 1.29 is 9.53 Å². The Labute approximate surface area is 113 Å². The Hall–Kier alpha value is -1.77. The summed E-state index contributed by atoms with van der Waals surface area (Å²) in [5, 5.41) is 0.932. The van der Waals surface area contributed by atoms with Gasteiger partial charge in [0.15, 0.2) is 5.78 Å². The van der Waals surface area contributed by atoms with Gasteiger partial charge >= 0.3 is 0 Å². The minimum Gasteiger partial charge on any atom is -0.493 e. The average molecular weight is 257 g/mol. The first-order chi connectivity index (χ1) is 9.22. The zero-order valence-corrected chi connectivity index (χ0v) is 11.4. The van der Waals surface area contributed by atoms with E-state index in [0.29, 0.717) is 12.5 Å². The fourth-order valence-electron chi connectivity index (χ4n) is 2.68. The van der Waals surface area contributed by atoms with Crippen LogP contribution in [-0.2, 0) is 0 Å². The minimum absolute atomic E-state index is 0.119. The molecule has 0 saturated heterocycles. The molecule has 1 N–H and O–H groups in total. The number of nitrogens with one attached hydrogen (secondary N) is 1. The molecule has 0 spiro atoms. The van der Waals surface area contributed by atoms with Gasteiger partial charge in [0.05, 0.1) is 12.0 Å². The van der Waals surface area contributed by atoms with Crippen molar-refractivity contribution in [3.05, 3.63) is 30.0 Å². The highest BCUT2D eigenvalue weighted by Crippen LogP contribution is 2.39. The second-order valence-electron chi connectivity index (χ2n) is 5.30. The first kappa shape index (κ1) is 12.3. The third kappa shape index (κ3) is 2.14. The minimum atomic E-state index is 0.119. The van der Waals surface area contributed by atoms with Crippen molar-refractivity contribution in [2.24, 2.45) is 11.8 Å². The second kappa shape index (κ2) is 4.72. The van der Waals surface area contributed by atoms with Gasteiger partial charge in [0, 0.05) is 23.2 Å². The summed E-state index contributed by atoms with van der Waals surface area (Å²) in [5.41, 5.74) is 1.75. The van der Waals surface area contributed by atoms with Crippen molar-refractivity contribution in [3.8, 4) is 5.75 Å². The molecule has 1 aromatic heterocycles. The van der Waals surface area contributed by atoms with Crippen LogP contribution in [0.5, 0.6) is 5.75 Å². The standard InChI is InChI=1S/C16H19NO2/c1-3-19-14-6-4-5-13-15(14)12(9-17-13)16(18)10(2)11-7-8-11/h4-6,9-11,17H,3,7-8H2,1-2H3. The van der Waals surface area contributed by atoms with E-state index in [-0.39, 0.29) is 11.7 Å². The molecule has 1 heterocycles. The number of hydrogen-bond acceptors (Lipinski definition) is 2. The molecule has 0 amide bonds. The largest absolute Gasteiger partial charge is 0.493 e. The lowest BCUT2D eigenvalue weighted by atomic mass is 9.94. The quantitative estimate of drug-likeness (QED) is 0.828. The Balaban J connectivity index is 2.05. The Morgan fingerprint density at radius 3 is 2.95 bits per heavy atom. The summed E-state index contributed by atoms with van der Waals surface area (Å²) in [6.07, 6.45) is 4.20. The van der Waals surface area contributed by atoms with Crippen LogP contribution < -0.4 is 4.74 Å². The predicted octanol–water partition coefficient (Wildman–Crippen LogP) is 3.80. The van der Waals surface area contributed by atoms with Crippen molar-refractivity contribution in [1.29, 1.82) is 0 Å². The molecule has 1 aliphatic rings. The van der Waals surface area contributed by atoms with Gasteiger partial charge in [0.2, 0.25) is 0 Å². The van der Waals surface area contributed by atoms with Gasteiger partial charge in [-0.15, -0.1) is 0 Å². The molecule has 0 aliphatic heterocycles. The summed E-state index contributed by atoms with van der Waals surface area (Å²) in [4.78, 5) is 15.8. The monoisotopic (exact) mass is 257 g/mol. The van der Waals surface area contributed by atoms with Crippen LogP contribution in [0.3, 0.4) is 0 Å². The van der Waals surface area contributed by atoms with E-state index < -0.39 is 0 Å². The Morgan fingerprint density at radius 2 is 2.26 bits per heavy atom. The Bertz CT molecular complexity index is 610. The topological polar surface area (TPSA) is 42.1 Å². The maximum atomic E-state index is 12.6. The average Bonchev–Trinajstić information content (AvgIpc) is 3.17. The van der Waals surface area contributed by atoms with Crippen LogP contribution >= 0.6 is 0 Å². The number of ether oxygens (including phenoxy) is 1. The molecular weight excluding hydrogens is 238 g/mol. The molecule has 1 unspecified atom stereocenters. The SMILES string of the molecule is CCOc1cccc2[nH]cc(C(=O)C(C)C3CC3)c12. The van der Waals surface area contributed by atoms with Crippen LogP contribution in [-0.4, -0.2) is 17.4 Å². The molecule has 100 valence electrons. The first-order valence-corrected chi connectivity index (χ1v) is 6.99. The fourth-order valence-corrected chi connectivity index (χ4v) is 2.68. The zero-order chi connectivity index (χ0) is 13.4. The molecule has 3 rings (SSSR count). The van der Waals surface area contributed by atoms with E-state index in [1.54, 1.807) is 0 Å². The molecule has 0 radical (unpaired) electrons. The first-order valence-electron chi connectivity index (χ1n) is 6.99. The van der Waals surface area contributed by atoms with Gasteiger partial charge in [-0.3, -0.25) is 4.79 Å². The maximum absolute atomic E-state index is 12.6. The number of hydrogen-bond donors (Lipinski definition) is 1. The number of benzene rings is 1. The van der Waals surface area contributed by atoms with E-state index >= 15 is 0 Å². The molecule has 1 aromatic carbocycles. The van der Waals surface area contributed by atoms with Gasteiger partial charge in [-0.25, -0.2) is 0 Å². The Kier molecular flexibility index (Phi) is 3.05. The van der Waals surface area contributed by atoms with Crippen molar-refractivity contribution in [2.75, 3.05) is 6.61 Å². The van der Waals surface area contributed by atoms with Crippen LogP contribution in [0.4, 0.5) is 0 Å². The highest BCUT2D eigenvalue weighted by Gasteiger charge is 2.34. The number of rotatable bonds is 5. The molecule has 1 aliphatic carbocycles. The van der Waals surface area contributed by atoms with E-state index in [9.17, 15) is 4.79 Å². The summed E-state index contributed by atoms with van der Waals surface area (Å²) in [6, 6.07) is 5.86. The fraction of sp³-hybridized carbons (Fsp3) is 0.438. The summed E-state index contributed by atoms with van der Waals surface area (Å²) in [6.45, 7) is 4.61. The number of carbonyl (C=O) groups excluding carboxylic acids is 1. The highest BCUT2D eigenvalue weighted by atomic mass is 16.5. The van der Waals surface area contributed by atoms with Gasteiger partial charge in [-0.05, 0) is 37.8 Å². The highest BCUT2D eigenvalue weighted by molar-refractivity contribution is 6.10. The predicted molar refractivity (Wildman–Crippen MR) is 75.7 cm³/mol. The van der Waals surface area contributed by atoms with Crippen molar-refractivity contribution in [1.82, 2.24) is 4.98 Å². The number of carbonyl (C=O) groups is 1. The third-order valence-corrected chi connectivity index (χ3v) is 3.98. The van der Waals surface area contributed by atoms with Gasteiger partial charge in [-0.1, -0.05) is 13.0 Å². The molecule has 3 heteroatoms. The maximum Gasteiger partial charge on any atom is 0.168 e. The second-order valence-corrected chi connectivity index (χ2v) is 5.30. The number of H-pyrrole nitrogens is 1. The molecule has 2 aromatic rings. The van der Waals surface area contributed by atoms with Gasteiger partial charge in [0.1, 0.15) is 5.75 Å². The van der Waals surface area contributed by atoms with Gasteiger partial charge in [0.25, 0.3) is 0 Å². The van der Waals surface area contributed by atoms with Crippen LogP contribution in [0.2, 0.25) is 0 Å². The smallest absolute Gasteiger partial charge is 0.168 e. The van der Waals surface area contributed by atoms with Crippen molar-refractivity contribution in [2.45, 2.75) is 26.7 Å². The summed E-state index contributed by atoms with van der Waals surface area (Å²) < 4.78 is 5.65. The lowest BCUT2D eigenvalue weighted by Gasteiger charge is -2.10. The number of aromatic nitrogens is 1. The molecule has 0 bridgehead atoms. The normalized spacial score (nSPS) is 16.5. The van der Waals surface area contributed by atoms with Gasteiger partial charge < -0.3 is 9.72 Å². The van der Waals surface area contributed by atoms with Crippen LogP contribution in [0.15, 0.2) is 24.4 Å². The Morgan fingerprint density at radius 1 is 1.47 bits per heavy atom. The molecular formula is C16H19NO2. The number of aromatic amines is 1. The van der Waals surface area contributed by atoms with Crippen molar-refractivity contribution in [3.63, 3.8) is 0 Å². The van der Waals surface area contributed by atoms with Gasteiger partial charge in [-0.2, -0.15) is 0 Å². The van der Waals surface area contributed by atoms with Crippen LogP contribution in [0.25, 0.3) is 10.9 Å². The number of Topliss-reactive ketones (excluding diaryl/α,β-unsaturated/α-hetero) is 1. The summed E-state index contributed by atoms with van der Waals surface area (Å²) in [5.74, 6) is 1.74. The summed E-state index contributed by atoms with van der Waals surface area (Å²) in [7, 11) is 0. The van der Waals surface area contributed by atoms with E-state index in [2.05, 4.69) is 4.98 Å². The van der Waals surface area contributed by atoms with Crippen molar-refractivity contribution >= 4 is 16.7 Å². The van der Waals surface area contributed by atoms with E-state index in [4.69, 9.17) is 4.74 Å². The molecule has 19 heavy (non-hydrogen) atoms. The molecule has 1 atom stereocenters. The lowest BCUT2D eigenvalue weighted by molar-refractivity contribution is 0.0918. The molecule has 1 fully saturated rings. The van der Waals surface area contributed by atoms with E-state index in [0.717, 1.165) is 22.2 Å². The molecule has 1 saturated carbocycles.